The smallest absolute Gasteiger partial charge is 0.224 e. The van der Waals surface area contributed by atoms with Gasteiger partial charge in [-0.15, -0.1) is 0 Å². The summed E-state index contributed by atoms with van der Waals surface area (Å²) in [7, 11) is 0. The fourth-order valence-electron chi connectivity index (χ4n) is 2.38. The number of anilines is 1. The van der Waals surface area contributed by atoms with Crippen molar-refractivity contribution in [3.05, 3.63) is 23.0 Å². The second-order valence-corrected chi connectivity index (χ2v) is 5.43. The van der Waals surface area contributed by atoms with Gasteiger partial charge in [-0.3, -0.25) is 4.79 Å². The van der Waals surface area contributed by atoms with Crippen LogP contribution in [0, 0.1) is 12.8 Å². The van der Waals surface area contributed by atoms with E-state index in [9.17, 15) is 4.79 Å². The van der Waals surface area contributed by atoms with E-state index >= 15 is 0 Å². The highest BCUT2D eigenvalue weighted by atomic mass is 35.5. The molecule has 2 rings (SSSR count). The van der Waals surface area contributed by atoms with Crippen LogP contribution in [0.2, 0.25) is 5.15 Å². The average molecular weight is 282 g/mol. The topological polar surface area (TPSA) is 54.0 Å². The summed E-state index contributed by atoms with van der Waals surface area (Å²) in [6.45, 7) is 4.05. The van der Waals surface area contributed by atoms with Gasteiger partial charge in [0.25, 0.3) is 0 Å². The lowest BCUT2D eigenvalue weighted by Gasteiger charge is -2.22. The van der Waals surface area contributed by atoms with E-state index in [0.717, 1.165) is 25.1 Å². The molecule has 0 aliphatic carbocycles. The number of rotatable bonds is 4. The highest BCUT2D eigenvalue weighted by Crippen LogP contribution is 2.24. The third-order valence-electron chi connectivity index (χ3n) is 3.62. The maximum atomic E-state index is 11.9. The molecule has 0 bridgehead atoms. The van der Waals surface area contributed by atoms with Gasteiger partial charge in [0.1, 0.15) is 0 Å². The Kier molecular flexibility index (Phi) is 5.16. The summed E-state index contributed by atoms with van der Waals surface area (Å²) in [5.41, 5.74) is 1.58. The molecule has 1 fully saturated rings. The summed E-state index contributed by atoms with van der Waals surface area (Å²) >= 11 is 5.99. The number of nitrogens with one attached hydrogen (secondary N) is 2. The van der Waals surface area contributed by atoms with Crippen molar-refractivity contribution >= 4 is 23.2 Å². The molecule has 5 heteroatoms. The molecule has 1 aliphatic heterocycles. The molecule has 2 N–H and O–H groups in total. The van der Waals surface area contributed by atoms with E-state index in [0.29, 0.717) is 23.2 Å². The van der Waals surface area contributed by atoms with Gasteiger partial charge < -0.3 is 10.6 Å². The number of amides is 1. The van der Waals surface area contributed by atoms with Gasteiger partial charge in [-0.2, -0.15) is 0 Å². The van der Waals surface area contributed by atoms with Crippen molar-refractivity contribution in [1.82, 2.24) is 10.3 Å². The van der Waals surface area contributed by atoms with Crippen LogP contribution in [0.25, 0.3) is 0 Å². The number of pyridine rings is 1. The van der Waals surface area contributed by atoms with E-state index in [4.69, 9.17) is 11.6 Å². The molecule has 19 heavy (non-hydrogen) atoms. The summed E-state index contributed by atoms with van der Waals surface area (Å²) in [5.74, 6) is 0.689. The number of piperidine rings is 1. The maximum absolute atomic E-state index is 11.9. The van der Waals surface area contributed by atoms with Gasteiger partial charge in [0.05, 0.1) is 5.69 Å². The summed E-state index contributed by atoms with van der Waals surface area (Å²) in [6.07, 6.45) is 5.47. The van der Waals surface area contributed by atoms with Gasteiger partial charge >= 0.3 is 0 Å². The molecule has 0 radical (unpaired) electrons. The van der Waals surface area contributed by atoms with Crippen LogP contribution in [0.15, 0.2) is 12.3 Å². The number of aryl methyl sites for hydroxylation is 1. The Morgan fingerprint density at radius 2 is 2.26 bits per heavy atom. The fraction of sp³-hybridized carbons (Fsp3) is 0.571. The van der Waals surface area contributed by atoms with Crippen molar-refractivity contribution in [1.29, 1.82) is 0 Å². The lowest BCUT2D eigenvalue weighted by atomic mass is 9.93. The van der Waals surface area contributed by atoms with Crippen LogP contribution in [0.3, 0.4) is 0 Å². The van der Waals surface area contributed by atoms with Gasteiger partial charge in [-0.25, -0.2) is 4.98 Å². The minimum Gasteiger partial charge on any atom is -0.323 e. The SMILES string of the molecule is Cc1ccnc(Cl)c1NC(=O)CCC1CCNCC1. The van der Waals surface area contributed by atoms with Crippen LogP contribution in [0.4, 0.5) is 5.69 Å². The van der Waals surface area contributed by atoms with Crippen molar-refractivity contribution < 1.29 is 4.79 Å². The molecule has 1 aromatic heterocycles. The van der Waals surface area contributed by atoms with Crippen LogP contribution in [0.1, 0.15) is 31.2 Å². The Bertz CT molecular complexity index is 424. The highest BCUT2D eigenvalue weighted by Gasteiger charge is 2.15. The number of hydrogen-bond acceptors (Lipinski definition) is 3. The highest BCUT2D eigenvalue weighted by molar-refractivity contribution is 6.32. The van der Waals surface area contributed by atoms with Gasteiger partial charge in [0, 0.05) is 12.6 Å². The maximum Gasteiger partial charge on any atom is 0.224 e. The minimum absolute atomic E-state index is 0.0246. The Hall–Kier alpha value is -1.13. The average Bonchev–Trinajstić information content (AvgIpc) is 2.42. The summed E-state index contributed by atoms with van der Waals surface area (Å²) in [4.78, 5) is 15.9. The number of nitrogens with zero attached hydrogens (tertiary/aromatic N) is 1. The molecule has 1 aliphatic rings. The predicted octanol–water partition coefficient (Wildman–Crippen LogP) is 2.76. The third kappa shape index (κ3) is 4.18. The Labute approximate surface area is 118 Å². The fourth-order valence-corrected chi connectivity index (χ4v) is 2.64. The van der Waals surface area contributed by atoms with Crippen LogP contribution < -0.4 is 10.6 Å². The first-order valence-corrected chi connectivity index (χ1v) is 7.16. The zero-order valence-electron chi connectivity index (χ0n) is 11.2. The quantitative estimate of drug-likeness (QED) is 0.835. The standard InChI is InChI=1S/C14H20ClN3O/c1-10-4-9-17-14(15)13(10)18-12(19)3-2-11-5-7-16-8-6-11/h4,9,11,16H,2-3,5-8H2,1H3,(H,18,19). The van der Waals surface area contributed by atoms with Crippen LogP contribution >= 0.6 is 11.6 Å². The molecule has 0 unspecified atom stereocenters. The summed E-state index contributed by atoms with van der Waals surface area (Å²) in [5, 5.41) is 6.56. The molecule has 0 spiro atoms. The molecule has 0 saturated carbocycles. The predicted molar refractivity (Wildman–Crippen MR) is 77.4 cm³/mol. The summed E-state index contributed by atoms with van der Waals surface area (Å²) < 4.78 is 0. The van der Waals surface area contributed by atoms with Gasteiger partial charge in [-0.1, -0.05) is 11.6 Å². The second-order valence-electron chi connectivity index (χ2n) is 5.07. The molecular formula is C14H20ClN3O. The van der Waals surface area contributed by atoms with Crippen molar-refractivity contribution in [2.75, 3.05) is 18.4 Å². The number of carbonyl (C=O) groups excluding carboxylic acids is 1. The van der Waals surface area contributed by atoms with E-state index in [1.807, 2.05) is 13.0 Å². The van der Waals surface area contributed by atoms with E-state index < -0.39 is 0 Å². The van der Waals surface area contributed by atoms with Crippen molar-refractivity contribution in [2.24, 2.45) is 5.92 Å². The van der Waals surface area contributed by atoms with E-state index in [1.165, 1.54) is 12.8 Å². The van der Waals surface area contributed by atoms with E-state index in [1.54, 1.807) is 6.20 Å². The zero-order valence-corrected chi connectivity index (χ0v) is 12.0. The van der Waals surface area contributed by atoms with Crippen molar-refractivity contribution in [3.63, 3.8) is 0 Å². The first-order valence-electron chi connectivity index (χ1n) is 6.78. The van der Waals surface area contributed by atoms with Gasteiger partial charge in [0.2, 0.25) is 5.91 Å². The number of aromatic nitrogens is 1. The Morgan fingerprint density at radius 1 is 1.53 bits per heavy atom. The van der Waals surface area contributed by atoms with E-state index in [2.05, 4.69) is 15.6 Å². The second kappa shape index (κ2) is 6.87. The zero-order chi connectivity index (χ0) is 13.7. The molecule has 0 aromatic carbocycles. The lowest BCUT2D eigenvalue weighted by Crippen LogP contribution is -2.28. The summed E-state index contributed by atoms with van der Waals surface area (Å²) in [6, 6.07) is 1.84. The molecule has 1 saturated heterocycles. The number of halogens is 1. The number of carbonyl (C=O) groups is 1. The van der Waals surface area contributed by atoms with Gasteiger partial charge in [-0.05, 0) is 56.8 Å². The Balaban J connectivity index is 1.83. The van der Waals surface area contributed by atoms with Gasteiger partial charge in [0.15, 0.2) is 5.15 Å². The monoisotopic (exact) mass is 281 g/mol. The molecule has 4 nitrogen and oxygen atoms in total. The van der Waals surface area contributed by atoms with Crippen molar-refractivity contribution in [3.8, 4) is 0 Å². The first kappa shape index (κ1) is 14.3. The molecule has 104 valence electrons. The van der Waals surface area contributed by atoms with Crippen LogP contribution in [0.5, 0.6) is 0 Å². The first-order chi connectivity index (χ1) is 9.16. The Morgan fingerprint density at radius 3 is 2.95 bits per heavy atom. The van der Waals surface area contributed by atoms with Crippen LogP contribution in [-0.4, -0.2) is 24.0 Å². The van der Waals surface area contributed by atoms with Crippen LogP contribution in [-0.2, 0) is 4.79 Å². The third-order valence-corrected chi connectivity index (χ3v) is 3.90. The molecule has 2 heterocycles. The van der Waals surface area contributed by atoms with E-state index in [-0.39, 0.29) is 5.91 Å². The largest absolute Gasteiger partial charge is 0.323 e. The number of hydrogen-bond donors (Lipinski definition) is 2. The normalized spacial score (nSPS) is 16.3. The minimum atomic E-state index is 0.0246. The molecule has 1 amide bonds. The molecule has 1 aromatic rings. The molecule has 0 atom stereocenters. The lowest BCUT2D eigenvalue weighted by molar-refractivity contribution is -0.116. The van der Waals surface area contributed by atoms with Crippen molar-refractivity contribution in [2.45, 2.75) is 32.6 Å². The molecular weight excluding hydrogens is 262 g/mol.